The van der Waals surface area contributed by atoms with Gasteiger partial charge in [0.2, 0.25) is 0 Å². The molecular weight excluding hydrogens is 190 g/mol. The molecular formula is C11H15N3O. The van der Waals surface area contributed by atoms with Crippen molar-refractivity contribution in [3.63, 3.8) is 0 Å². The van der Waals surface area contributed by atoms with Crippen molar-refractivity contribution in [2.75, 3.05) is 6.61 Å². The zero-order chi connectivity index (χ0) is 10.7. The fraction of sp³-hybridized carbons (Fsp3) is 0.364. The van der Waals surface area contributed by atoms with Crippen molar-refractivity contribution in [2.45, 2.75) is 18.9 Å². The predicted octanol–water partition coefficient (Wildman–Crippen LogP) is 1.34. The number of nitrogens with two attached hydrogens (primary N) is 1. The number of fused-ring (bicyclic) bond motifs is 1. The lowest BCUT2D eigenvalue weighted by atomic mass is 10.0. The third kappa shape index (κ3) is 2.16. The Morgan fingerprint density at radius 3 is 3.20 bits per heavy atom. The number of nitrogens with zero attached hydrogens (tertiary/aromatic N) is 1. The van der Waals surface area contributed by atoms with Crippen molar-refractivity contribution in [1.82, 2.24) is 9.97 Å². The second kappa shape index (κ2) is 4.42. The Kier molecular flexibility index (Phi) is 2.99. The summed E-state index contributed by atoms with van der Waals surface area (Å²) in [5.74, 6) is 0. The minimum atomic E-state index is -0.0380. The van der Waals surface area contributed by atoms with Crippen LogP contribution in [0.1, 0.15) is 24.4 Å². The van der Waals surface area contributed by atoms with Gasteiger partial charge in [0.15, 0.2) is 0 Å². The first-order chi connectivity index (χ1) is 7.31. The number of pyridine rings is 1. The van der Waals surface area contributed by atoms with E-state index < -0.39 is 0 Å². The van der Waals surface area contributed by atoms with Crippen molar-refractivity contribution in [1.29, 1.82) is 0 Å². The van der Waals surface area contributed by atoms with Crippen molar-refractivity contribution in [3.8, 4) is 0 Å². The van der Waals surface area contributed by atoms with E-state index >= 15 is 0 Å². The summed E-state index contributed by atoms with van der Waals surface area (Å²) in [7, 11) is 0. The molecule has 0 aromatic carbocycles. The summed E-state index contributed by atoms with van der Waals surface area (Å²) in [6.07, 6.45) is 5.17. The average Bonchev–Trinajstić information content (AvgIpc) is 2.72. The van der Waals surface area contributed by atoms with E-state index in [-0.39, 0.29) is 12.6 Å². The van der Waals surface area contributed by atoms with Crippen molar-refractivity contribution in [2.24, 2.45) is 5.73 Å². The number of nitrogens with one attached hydrogen (secondary N) is 1. The van der Waals surface area contributed by atoms with Gasteiger partial charge >= 0.3 is 0 Å². The van der Waals surface area contributed by atoms with Gasteiger partial charge in [0.1, 0.15) is 5.65 Å². The van der Waals surface area contributed by atoms with Crippen molar-refractivity contribution >= 4 is 11.0 Å². The molecule has 0 radical (unpaired) electrons. The molecule has 0 amide bonds. The van der Waals surface area contributed by atoms with Crippen LogP contribution >= 0.6 is 0 Å². The van der Waals surface area contributed by atoms with Gasteiger partial charge < -0.3 is 15.8 Å². The second-order valence-corrected chi connectivity index (χ2v) is 3.66. The number of aliphatic hydroxyl groups is 1. The summed E-state index contributed by atoms with van der Waals surface area (Å²) in [6.45, 7) is 0.188. The summed E-state index contributed by atoms with van der Waals surface area (Å²) in [5, 5.41) is 9.80. The van der Waals surface area contributed by atoms with Crippen LogP contribution in [0.15, 0.2) is 24.5 Å². The molecule has 0 spiro atoms. The van der Waals surface area contributed by atoms with E-state index in [0.29, 0.717) is 0 Å². The molecule has 0 fully saturated rings. The molecule has 4 N–H and O–H groups in total. The van der Waals surface area contributed by atoms with Gasteiger partial charge in [-0.2, -0.15) is 0 Å². The molecule has 0 unspecified atom stereocenters. The molecule has 1 atom stereocenters. The fourth-order valence-corrected chi connectivity index (χ4v) is 1.64. The molecule has 0 aliphatic rings. The lowest BCUT2D eigenvalue weighted by Crippen LogP contribution is -2.11. The van der Waals surface area contributed by atoms with Crippen molar-refractivity contribution in [3.05, 3.63) is 30.1 Å². The van der Waals surface area contributed by atoms with Gasteiger partial charge in [0, 0.05) is 30.4 Å². The minimum Gasteiger partial charge on any atom is -0.396 e. The Balaban J connectivity index is 2.19. The zero-order valence-corrected chi connectivity index (χ0v) is 8.48. The van der Waals surface area contributed by atoms with Gasteiger partial charge in [-0.05, 0) is 30.5 Å². The molecule has 4 nitrogen and oxygen atoms in total. The van der Waals surface area contributed by atoms with E-state index in [0.717, 1.165) is 29.4 Å². The first kappa shape index (κ1) is 10.1. The van der Waals surface area contributed by atoms with E-state index in [1.807, 2.05) is 18.3 Å². The van der Waals surface area contributed by atoms with Crippen LogP contribution in [0, 0.1) is 0 Å². The van der Waals surface area contributed by atoms with Crippen LogP contribution in [0.3, 0.4) is 0 Å². The van der Waals surface area contributed by atoms with Crippen LogP contribution in [-0.4, -0.2) is 21.7 Å². The molecule has 4 heteroatoms. The van der Waals surface area contributed by atoms with Crippen LogP contribution in [0.5, 0.6) is 0 Å². The standard InChI is InChI=1S/C11H15N3O/c12-10(2-1-5-15)9-6-8-3-4-13-11(8)14-7-9/h3-4,6-7,10,15H,1-2,5,12H2,(H,13,14)/t10-/m0/s1. The van der Waals surface area contributed by atoms with Gasteiger partial charge in [-0.25, -0.2) is 4.98 Å². The summed E-state index contributed by atoms with van der Waals surface area (Å²) in [6, 6.07) is 3.98. The maximum atomic E-state index is 8.72. The number of aliphatic hydroxyl groups excluding tert-OH is 1. The predicted molar refractivity (Wildman–Crippen MR) is 59.3 cm³/mol. The van der Waals surface area contributed by atoms with Crippen LogP contribution in [-0.2, 0) is 0 Å². The quantitative estimate of drug-likeness (QED) is 0.705. The first-order valence-corrected chi connectivity index (χ1v) is 5.10. The molecule has 2 rings (SSSR count). The summed E-state index contributed by atoms with van der Waals surface area (Å²) in [5.41, 5.74) is 7.89. The summed E-state index contributed by atoms with van der Waals surface area (Å²) in [4.78, 5) is 7.31. The van der Waals surface area contributed by atoms with E-state index in [1.54, 1.807) is 6.20 Å². The molecule has 0 saturated carbocycles. The highest BCUT2D eigenvalue weighted by Crippen LogP contribution is 2.18. The molecule has 0 bridgehead atoms. The van der Waals surface area contributed by atoms with E-state index in [1.165, 1.54) is 0 Å². The number of H-pyrrole nitrogens is 1. The molecule has 0 aliphatic heterocycles. The normalized spacial score (nSPS) is 13.2. The highest BCUT2D eigenvalue weighted by molar-refractivity contribution is 5.75. The summed E-state index contributed by atoms with van der Waals surface area (Å²) < 4.78 is 0. The maximum absolute atomic E-state index is 8.72. The van der Waals surface area contributed by atoms with Gasteiger partial charge in [0.25, 0.3) is 0 Å². The highest BCUT2D eigenvalue weighted by atomic mass is 16.2. The largest absolute Gasteiger partial charge is 0.396 e. The molecule has 2 heterocycles. The van der Waals surface area contributed by atoms with Crippen LogP contribution in [0.25, 0.3) is 11.0 Å². The maximum Gasteiger partial charge on any atom is 0.137 e. The number of hydrogen-bond donors (Lipinski definition) is 3. The number of aromatic amines is 1. The lowest BCUT2D eigenvalue weighted by molar-refractivity contribution is 0.280. The third-order valence-corrected chi connectivity index (χ3v) is 2.52. The van der Waals surface area contributed by atoms with Crippen molar-refractivity contribution < 1.29 is 5.11 Å². The molecule has 0 aliphatic carbocycles. The number of aromatic nitrogens is 2. The second-order valence-electron chi connectivity index (χ2n) is 3.66. The highest BCUT2D eigenvalue weighted by Gasteiger charge is 2.07. The van der Waals surface area contributed by atoms with Crippen LogP contribution in [0.2, 0.25) is 0 Å². The van der Waals surface area contributed by atoms with Gasteiger partial charge in [0.05, 0.1) is 0 Å². The Labute approximate surface area is 88.1 Å². The zero-order valence-electron chi connectivity index (χ0n) is 8.48. The molecule has 15 heavy (non-hydrogen) atoms. The SMILES string of the molecule is N[C@@H](CCCO)c1cnc2[nH]ccc2c1. The van der Waals surface area contributed by atoms with E-state index in [2.05, 4.69) is 9.97 Å². The number of rotatable bonds is 4. The molecule has 0 saturated heterocycles. The van der Waals surface area contributed by atoms with Crippen LogP contribution in [0.4, 0.5) is 0 Å². The number of hydrogen-bond acceptors (Lipinski definition) is 3. The Hall–Kier alpha value is -1.39. The smallest absolute Gasteiger partial charge is 0.137 e. The summed E-state index contributed by atoms with van der Waals surface area (Å²) >= 11 is 0. The van der Waals surface area contributed by atoms with Crippen LogP contribution < -0.4 is 5.73 Å². The molecule has 2 aromatic heterocycles. The fourth-order valence-electron chi connectivity index (χ4n) is 1.64. The van der Waals surface area contributed by atoms with Gasteiger partial charge in [-0.1, -0.05) is 0 Å². The molecule has 2 aromatic rings. The van der Waals surface area contributed by atoms with E-state index in [4.69, 9.17) is 10.8 Å². The lowest BCUT2D eigenvalue weighted by Gasteiger charge is -2.10. The average molecular weight is 205 g/mol. The molecule has 80 valence electrons. The van der Waals surface area contributed by atoms with Gasteiger partial charge in [-0.15, -0.1) is 0 Å². The Morgan fingerprint density at radius 1 is 1.53 bits per heavy atom. The van der Waals surface area contributed by atoms with E-state index in [9.17, 15) is 0 Å². The first-order valence-electron chi connectivity index (χ1n) is 5.10. The Bertz CT molecular complexity index is 438. The third-order valence-electron chi connectivity index (χ3n) is 2.52. The minimum absolute atomic E-state index is 0.0380. The monoisotopic (exact) mass is 205 g/mol. The Morgan fingerprint density at radius 2 is 2.40 bits per heavy atom. The van der Waals surface area contributed by atoms with Gasteiger partial charge in [-0.3, -0.25) is 0 Å². The topological polar surface area (TPSA) is 74.9 Å².